The van der Waals surface area contributed by atoms with Gasteiger partial charge >= 0.3 is 0 Å². The highest BCUT2D eigenvalue weighted by molar-refractivity contribution is 5.82. The lowest BCUT2D eigenvalue weighted by Crippen LogP contribution is -2.17. The van der Waals surface area contributed by atoms with Crippen LogP contribution in [0.5, 0.6) is 5.75 Å². The van der Waals surface area contributed by atoms with Gasteiger partial charge in [-0.1, -0.05) is 12.1 Å². The van der Waals surface area contributed by atoms with Gasteiger partial charge in [-0.3, -0.25) is 4.57 Å². The molecular formula is C18H21N5O2. The number of aromatic nitrogens is 4. The summed E-state index contributed by atoms with van der Waals surface area (Å²) in [4.78, 5) is 13.3. The van der Waals surface area contributed by atoms with E-state index in [1.54, 1.807) is 19.8 Å². The summed E-state index contributed by atoms with van der Waals surface area (Å²) in [5.41, 5.74) is 2.68. The molecule has 3 heterocycles. The number of ether oxygens (including phenoxy) is 2. The van der Waals surface area contributed by atoms with E-state index in [1.165, 1.54) is 0 Å². The highest BCUT2D eigenvalue weighted by atomic mass is 16.5. The Morgan fingerprint density at radius 1 is 1.28 bits per heavy atom. The van der Waals surface area contributed by atoms with Gasteiger partial charge in [-0.05, 0) is 37.0 Å². The van der Waals surface area contributed by atoms with E-state index in [4.69, 9.17) is 9.47 Å². The molecule has 1 aliphatic rings. The molecule has 2 aromatic heterocycles. The molecular weight excluding hydrogens is 318 g/mol. The zero-order valence-corrected chi connectivity index (χ0v) is 14.2. The first kappa shape index (κ1) is 15.8. The van der Waals surface area contributed by atoms with E-state index >= 15 is 0 Å². The first-order chi connectivity index (χ1) is 12.3. The molecule has 0 saturated carbocycles. The predicted molar refractivity (Wildman–Crippen MR) is 94.5 cm³/mol. The molecule has 1 saturated heterocycles. The van der Waals surface area contributed by atoms with Gasteiger partial charge in [0.15, 0.2) is 17.0 Å². The zero-order valence-electron chi connectivity index (χ0n) is 14.2. The minimum Gasteiger partial charge on any atom is -0.497 e. The molecule has 1 fully saturated rings. The van der Waals surface area contributed by atoms with Crippen LogP contribution in [0.1, 0.15) is 31.1 Å². The largest absolute Gasteiger partial charge is 0.497 e. The molecule has 1 unspecified atom stereocenters. The Morgan fingerprint density at radius 2 is 2.24 bits per heavy atom. The maximum atomic E-state index is 5.85. The van der Waals surface area contributed by atoms with Gasteiger partial charge in [0.25, 0.3) is 0 Å². The molecule has 7 nitrogen and oxygen atoms in total. The Bertz CT molecular complexity index is 858. The normalized spacial score (nSPS) is 17.6. The minimum absolute atomic E-state index is 0.0138. The van der Waals surface area contributed by atoms with Gasteiger partial charge in [-0.2, -0.15) is 0 Å². The summed E-state index contributed by atoms with van der Waals surface area (Å²) in [6.45, 7) is 1.42. The highest BCUT2D eigenvalue weighted by Crippen LogP contribution is 2.27. The fourth-order valence-electron chi connectivity index (χ4n) is 3.10. The minimum atomic E-state index is 0.0138. The Morgan fingerprint density at radius 3 is 3.08 bits per heavy atom. The number of benzene rings is 1. The first-order valence-corrected chi connectivity index (χ1v) is 8.51. The van der Waals surface area contributed by atoms with Crippen molar-refractivity contribution >= 4 is 17.0 Å². The van der Waals surface area contributed by atoms with Crippen LogP contribution in [0.2, 0.25) is 0 Å². The van der Waals surface area contributed by atoms with E-state index in [1.807, 2.05) is 28.8 Å². The third-order valence-corrected chi connectivity index (χ3v) is 4.42. The fraction of sp³-hybridized carbons (Fsp3) is 0.389. The summed E-state index contributed by atoms with van der Waals surface area (Å²) in [5.74, 6) is 1.56. The number of fused-ring (bicyclic) bond motifs is 1. The van der Waals surface area contributed by atoms with E-state index in [0.29, 0.717) is 6.54 Å². The molecule has 1 aromatic carbocycles. The van der Waals surface area contributed by atoms with Crippen LogP contribution in [0.15, 0.2) is 36.9 Å². The zero-order chi connectivity index (χ0) is 17.1. The van der Waals surface area contributed by atoms with E-state index in [0.717, 1.165) is 54.2 Å². The number of anilines is 1. The van der Waals surface area contributed by atoms with Crippen molar-refractivity contribution in [3.63, 3.8) is 0 Å². The monoisotopic (exact) mass is 339 g/mol. The van der Waals surface area contributed by atoms with E-state index in [9.17, 15) is 0 Å². The van der Waals surface area contributed by atoms with E-state index in [2.05, 4.69) is 20.3 Å². The molecule has 4 rings (SSSR count). The van der Waals surface area contributed by atoms with E-state index in [-0.39, 0.29) is 6.23 Å². The van der Waals surface area contributed by atoms with Crippen molar-refractivity contribution in [2.24, 2.45) is 0 Å². The summed E-state index contributed by atoms with van der Waals surface area (Å²) in [5, 5.41) is 3.35. The van der Waals surface area contributed by atoms with Crippen molar-refractivity contribution in [3.05, 3.63) is 42.5 Å². The average molecular weight is 339 g/mol. The lowest BCUT2D eigenvalue weighted by molar-refractivity contribution is -0.0298. The second-order valence-corrected chi connectivity index (χ2v) is 6.07. The second-order valence-electron chi connectivity index (χ2n) is 6.07. The lowest BCUT2D eigenvalue weighted by atomic mass is 10.2. The van der Waals surface area contributed by atoms with Crippen LogP contribution in [0.4, 0.5) is 5.82 Å². The van der Waals surface area contributed by atoms with Crippen LogP contribution < -0.4 is 10.1 Å². The van der Waals surface area contributed by atoms with Crippen LogP contribution in [0, 0.1) is 0 Å². The summed E-state index contributed by atoms with van der Waals surface area (Å²) in [7, 11) is 1.67. The van der Waals surface area contributed by atoms with Gasteiger partial charge in [0.1, 0.15) is 18.3 Å². The smallest absolute Gasteiger partial charge is 0.167 e. The van der Waals surface area contributed by atoms with Gasteiger partial charge in [0, 0.05) is 13.2 Å². The molecule has 7 heteroatoms. The topological polar surface area (TPSA) is 74.1 Å². The quantitative estimate of drug-likeness (QED) is 0.770. The maximum Gasteiger partial charge on any atom is 0.167 e. The van der Waals surface area contributed by atoms with Crippen LogP contribution in [-0.4, -0.2) is 33.2 Å². The molecule has 0 amide bonds. The van der Waals surface area contributed by atoms with Crippen molar-refractivity contribution in [2.75, 3.05) is 19.0 Å². The van der Waals surface area contributed by atoms with E-state index < -0.39 is 0 Å². The van der Waals surface area contributed by atoms with Gasteiger partial charge in [-0.25, -0.2) is 15.0 Å². The number of methoxy groups -OCH3 is 1. The summed E-state index contributed by atoms with van der Waals surface area (Å²) in [6.07, 6.45) is 6.65. The fourth-order valence-corrected chi connectivity index (χ4v) is 3.10. The summed E-state index contributed by atoms with van der Waals surface area (Å²) in [6, 6.07) is 7.95. The number of imidazole rings is 1. The molecule has 1 aliphatic heterocycles. The van der Waals surface area contributed by atoms with Crippen LogP contribution >= 0.6 is 0 Å². The van der Waals surface area contributed by atoms with Crippen molar-refractivity contribution in [1.82, 2.24) is 19.5 Å². The molecule has 25 heavy (non-hydrogen) atoms. The predicted octanol–water partition coefficient (Wildman–Crippen LogP) is 3.15. The number of hydrogen-bond donors (Lipinski definition) is 1. The Kier molecular flexibility index (Phi) is 4.47. The number of hydrogen-bond acceptors (Lipinski definition) is 6. The first-order valence-electron chi connectivity index (χ1n) is 8.51. The SMILES string of the molecule is COc1cccc(CNc2ncnc3c2ncn3C2CCCCO2)c1. The molecule has 0 radical (unpaired) electrons. The molecule has 0 spiro atoms. The number of nitrogens with one attached hydrogen (secondary N) is 1. The second kappa shape index (κ2) is 7.06. The Balaban J connectivity index is 1.56. The number of nitrogens with zero attached hydrogens (tertiary/aromatic N) is 4. The number of rotatable bonds is 5. The van der Waals surface area contributed by atoms with Crippen molar-refractivity contribution in [2.45, 2.75) is 32.0 Å². The van der Waals surface area contributed by atoms with Crippen molar-refractivity contribution in [3.8, 4) is 5.75 Å². The van der Waals surface area contributed by atoms with Gasteiger partial charge in [0.2, 0.25) is 0 Å². The standard InChI is InChI=1S/C18H21N5O2/c1-24-14-6-4-5-13(9-14)10-19-17-16-18(21-11-20-17)23(12-22-16)15-7-2-3-8-25-15/h4-6,9,11-12,15H,2-3,7-8,10H2,1H3,(H,19,20,21). The van der Waals surface area contributed by atoms with Crippen LogP contribution in [0.25, 0.3) is 11.2 Å². The summed E-state index contributed by atoms with van der Waals surface area (Å²) < 4.78 is 13.1. The molecule has 0 aliphatic carbocycles. The molecule has 130 valence electrons. The van der Waals surface area contributed by atoms with Gasteiger partial charge in [-0.15, -0.1) is 0 Å². The molecule has 1 atom stereocenters. The highest BCUT2D eigenvalue weighted by Gasteiger charge is 2.20. The third kappa shape index (κ3) is 3.28. The van der Waals surface area contributed by atoms with Crippen LogP contribution in [0.3, 0.4) is 0 Å². The van der Waals surface area contributed by atoms with Gasteiger partial charge in [0.05, 0.1) is 13.4 Å². The summed E-state index contributed by atoms with van der Waals surface area (Å²) >= 11 is 0. The average Bonchev–Trinajstić information content (AvgIpc) is 3.12. The molecule has 1 N–H and O–H groups in total. The molecule has 3 aromatic rings. The van der Waals surface area contributed by atoms with Gasteiger partial charge < -0.3 is 14.8 Å². The Labute approximate surface area is 146 Å². The Hall–Kier alpha value is -2.67. The maximum absolute atomic E-state index is 5.85. The molecule has 0 bridgehead atoms. The van der Waals surface area contributed by atoms with Crippen LogP contribution in [-0.2, 0) is 11.3 Å². The lowest BCUT2D eigenvalue weighted by Gasteiger charge is -2.23. The van der Waals surface area contributed by atoms with Crippen molar-refractivity contribution in [1.29, 1.82) is 0 Å². The third-order valence-electron chi connectivity index (χ3n) is 4.42. The van der Waals surface area contributed by atoms with Crippen molar-refractivity contribution < 1.29 is 9.47 Å².